The summed E-state index contributed by atoms with van der Waals surface area (Å²) in [4.78, 5) is 93.2. The summed E-state index contributed by atoms with van der Waals surface area (Å²) in [5, 5.41) is 18.8. The van der Waals surface area contributed by atoms with Crippen LogP contribution in [0.15, 0.2) is 21.8 Å². The Morgan fingerprint density at radius 1 is 1.30 bits per heavy atom. The molecule has 2 aliphatic heterocycles. The number of primary amides is 1. The van der Waals surface area contributed by atoms with Crippen molar-refractivity contribution in [3.63, 3.8) is 0 Å². The molecular weight excluding hydrogens is 596 g/mol. The first-order chi connectivity index (χ1) is 18.9. The van der Waals surface area contributed by atoms with Crippen LogP contribution in [0.1, 0.15) is 19.0 Å². The molecular formula is C21H21ClN6O10S2. The summed E-state index contributed by atoms with van der Waals surface area (Å²) >= 11 is 7.50. The highest BCUT2D eigenvalue weighted by Crippen LogP contribution is 2.40. The number of thioether (sulfide) groups is 1. The number of alkyl halides is 1. The van der Waals surface area contributed by atoms with Crippen LogP contribution in [0.25, 0.3) is 0 Å². The van der Waals surface area contributed by atoms with E-state index < -0.39 is 83.8 Å². The number of amides is 4. The minimum Gasteiger partial charge on any atom is -0.477 e. The number of hydrogen-bond acceptors (Lipinski definition) is 13. The van der Waals surface area contributed by atoms with Crippen LogP contribution >= 0.6 is 34.7 Å². The van der Waals surface area contributed by atoms with E-state index in [0.717, 1.165) is 28.0 Å². The largest absolute Gasteiger partial charge is 0.477 e. The maximum Gasteiger partial charge on any atom is 0.352 e. The summed E-state index contributed by atoms with van der Waals surface area (Å²) in [6.07, 6.45) is -0.477. The van der Waals surface area contributed by atoms with Crippen LogP contribution in [0.2, 0.25) is 0 Å². The van der Waals surface area contributed by atoms with Gasteiger partial charge < -0.3 is 31.0 Å². The number of nitrogens with zero attached hydrogens (tertiary/aromatic N) is 3. The molecule has 1 saturated heterocycles. The van der Waals surface area contributed by atoms with Crippen molar-refractivity contribution in [3.05, 3.63) is 22.3 Å². The number of halogens is 1. The summed E-state index contributed by atoms with van der Waals surface area (Å²) in [5.74, 6) is -6.15. The molecule has 1 aromatic rings. The molecule has 0 spiro atoms. The second-order valence-corrected chi connectivity index (χ2v) is 10.3. The van der Waals surface area contributed by atoms with Gasteiger partial charge in [0.2, 0.25) is 5.91 Å². The van der Waals surface area contributed by atoms with E-state index in [4.69, 9.17) is 26.9 Å². The number of carboxylic acid groups (broad SMARTS) is 1. The van der Waals surface area contributed by atoms with E-state index in [1.807, 2.05) is 0 Å². The van der Waals surface area contributed by atoms with Crippen LogP contribution in [0.4, 0.5) is 5.13 Å². The van der Waals surface area contributed by atoms with Crippen LogP contribution in [0.3, 0.4) is 0 Å². The normalized spacial score (nSPS) is 18.3. The monoisotopic (exact) mass is 616 g/mol. The number of thiazole rings is 1. The average Bonchev–Trinajstić information content (AvgIpc) is 3.34. The van der Waals surface area contributed by atoms with Crippen molar-refractivity contribution in [1.29, 1.82) is 0 Å². The number of fused-ring (bicyclic) bond motifs is 1. The number of carbonyl (C=O) groups is 7. The van der Waals surface area contributed by atoms with Crippen LogP contribution in [0.5, 0.6) is 0 Å². The molecule has 214 valence electrons. The lowest BCUT2D eigenvalue weighted by atomic mass is 10.0. The highest BCUT2D eigenvalue weighted by molar-refractivity contribution is 8.00. The Balaban J connectivity index is 1.76. The molecule has 2 atom stereocenters. The van der Waals surface area contributed by atoms with E-state index in [2.05, 4.69) is 20.8 Å². The summed E-state index contributed by atoms with van der Waals surface area (Å²) in [6, 6.07) is -1.18. The van der Waals surface area contributed by atoms with Gasteiger partial charge in [0.1, 0.15) is 47.5 Å². The Labute approximate surface area is 238 Å². The Morgan fingerprint density at radius 3 is 2.65 bits per heavy atom. The fourth-order valence-electron chi connectivity index (χ4n) is 3.38. The van der Waals surface area contributed by atoms with Crippen LogP contribution in [0, 0.1) is 0 Å². The third-order valence-corrected chi connectivity index (χ3v) is 7.37. The maximum absolute atomic E-state index is 13.1. The lowest BCUT2D eigenvalue weighted by molar-refractivity contribution is -0.150. The molecule has 0 bridgehead atoms. The molecule has 1 aromatic heterocycles. The van der Waals surface area contributed by atoms with Crippen molar-refractivity contribution in [1.82, 2.24) is 15.2 Å². The molecule has 1 fully saturated rings. The number of aromatic nitrogens is 1. The Hall–Kier alpha value is -4.03. The molecule has 0 saturated carbocycles. The predicted molar refractivity (Wildman–Crippen MR) is 139 cm³/mol. The third-order valence-electron chi connectivity index (χ3n) is 5.03. The number of nitrogens with one attached hydrogen (secondary N) is 2. The number of rotatable bonds is 13. The van der Waals surface area contributed by atoms with Gasteiger partial charge in [0.25, 0.3) is 17.7 Å². The molecule has 0 unspecified atom stereocenters. The standard InChI is InChI=1S/C21H21ClN6O10S2/c1-8(29)2-13(32)37-4-9-6-39-19-15(18(34)28(19)16(9)20(35)36)26-17(33)14(27-38-5-11(23)30)10-7-40-21(24-10)25-12(31)3-22/h7,15,19H,2-6H2,1H3,(H2,23,30)(H,26,33)(H,35,36)(H,24,25,31)/t15-,19+/m1/s1. The summed E-state index contributed by atoms with van der Waals surface area (Å²) in [6.45, 7) is 0.0941. The van der Waals surface area contributed by atoms with Gasteiger partial charge >= 0.3 is 11.9 Å². The lowest BCUT2D eigenvalue weighted by Gasteiger charge is -2.49. The van der Waals surface area contributed by atoms with Gasteiger partial charge in [-0.2, -0.15) is 0 Å². The Kier molecular flexibility index (Phi) is 10.2. The fourth-order valence-corrected chi connectivity index (χ4v) is 5.49. The van der Waals surface area contributed by atoms with Gasteiger partial charge in [0.05, 0.1) is 0 Å². The molecule has 4 amide bonds. The number of ether oxygens (including phenoxy) is 1. The quantitative estimate of drug-likeness (QED) is 0.0510. The van der Waals surface area contributed by atoms with E-state index in [0.29, 0.717) is 0 Å². The molecule has 2 aliphatic rings. The fraction of sp³-hybridized carbons (Fsp3) is 0.381. The lowest BCUT2D eigenvalue weighted by Crippen LogP contribution is -2.71. The summed E-state index contributed by atoms with van der Waals surface area (Å²) < 4.78 is 4.97. The Bertz CT molecular complexity index is 1330. The van der Waals surface area contributed by atoms with Crippen molar-refractivity contribution in [3.8, 4) is 0 Å². The topological polar surface area (TPSA) is 237 Å². The number of β-lactam (4-membered cyclic amide) rings is 1. The van der Waals surface area contributed by atoms with E-state index in [1.54, 1.807) is 0 Å². The average molecular weight is 617 g/mol. The van der Waals surface area contributed by atoms with Crippen molar-refractivity contribution < 1.29 is 48.2 Å². The zero-order valence-corrected chi connectivity index (χ0v) is 22.9. The number of carboxylic acids is 1. The van der Waals surface area contributed by atoms with Gasteiger partial charge in [0, 0.05) is 16.7 Å². The molecule has 5 N–H and O–H groups in total. The van der Waals surface area contributed by atoms with Crippen molar-refractivity contribution in [2.75, 3.05) is 30.2 Å². The smallest absolute Gasteiger partial charge is 0.352 e. The first-order valence-corrected chi connectivity index (χ1v) is 13.5. The minimum absolute atomic E-state index is 0.0498. The molecule has 0 aromatic carbocycles. The van der Waals surface area contributed by atoms with E-state index >= 15 is 0 Å². The van der Waals surface area contributed by atoms with E-state index in [9.17, 15) is 38.7 Å². The molecule has 0 radical (unpaired) electrons. The number of aliphatic carboxylic acids is 1. The van der Waals surface area contributed by atoms with Crippen LogP contribution in [-0.4, -0.2) is 98.3 Å². The maximum atomic E-state index is 13.1. The predicted octanol–water partition coefficient (Wildman–Crippen LogP) is -1.21. The molecule has 16 nitrogen and oxygen atoms in total. The number of Topliss-reactive ketones (excluding diaryl/α,β-unsaturated/α-hetero) is 1. The molecule has 3 heterocycles. The van der Waals surface area contributed by atoms with Crippen molar-refractivity contribution in [2.24, 2.45) is 10.9 Å². The van der Waals surface area contributed by atoms with Crippen LogP contribution in [-0.2, 0) is 43.1 Å². The zero-order valence-electron chi connectivity index (χ0n) is 20.5. The highest BCUT2D eigenvalue weighted by Gasteiger charge is 2.54. The zero-order chi connectivity index (χ0) is 29.6. The van der Waals surface area contributed by atoms with Gasteiger partial charge in [0.15, 0.2) is 17.5 Å². The third kappa shape index (κ3) is 7.33. The second kappa shape index (κ2) is 13.4. The van der Waals surface area contributed by atoms with Gasteiger partial charge in [-0.05, 0) is 6.92 Å². The SMILES string of the molecule is CC(=O)CC(=O)OCC1=C(C(=O)O)N2C(=O)[C@@H](NC(=O)C(=NOCC(N)=O)c3csc(NC(=O)CCl)n3)[C@@H]2SC1. The highest BCUT2D eigenvalue weighted by atomic mass is 35.5. The minimum atomic E-state index is -1.45. The van der Waals surface area contributed by atoms with Crippen molar-refractivity contribution in [2.45, 2.75) is 24.8 Å². The first kappa shape index (κ1) is 30.5. The molecule has 19 heteroatoms. The number of nitrogens with two attached hydrogens (primary N) is 1. The van der Waals surface area contributed by atoms with Gasteiger partial charge in [-0.1, -0.05) is 5.16 Å². The van der Waals surface area contributed by atoms with Gasteiger partial charge in [-0.15, -0.1) is 34.7 Å². The first-order valence-electron chi connectivity index (χ1n) is 11.1. The van der Waals surface area contributed by atoms with Gasteiger partial charge in [-0.3, -0.25) is 33.7 Å². The molecule has 3 rings (SSSR count). The molecule has 40 heavy (non-hydrogen) atoms. The van der Waals surface area contributed by atoms with E-state index in [-0.39, 0.29) is 28.0 Å². The number of ketones is 1. The second-order valence-electron chi connectivity index (χ2n) is 8.06. The summed E-state index contributed by atoms with van der Waals surface area (Å²) in [7, 11) is 0. The van der Waals surface area contributed by atoms with Crippen LogP contribution < -0.4 is 16.4 Å². The Morgan fingerprint density at radius 2 is 2.02 bits per heavy atom. The number of oxime groups is 1. The number of hydrogen-bond donors (Lipinski definition) is 4. The molecule has 0 aliphatic carbocycles. The van der Waals surface area contributed by atoms with Gasteiger partial charge in [-0.25, -0.2) is 9.78 Å². The summed E-state index contributed by atoms with van der Waals surface area (Å²) in [5.41, 5.74) is 4.24. The number of esters is 1. The number of carbonyl (C=O) groups excluding carboxylic acids is 6. The number of anilines is 1. The van der Waals surface area contributed by atoms with Crippen molar-refractivity contribution >= 4 is 86.9 Å². The van der Waals surface area contributed by atoms with E-state index in [1.165, 1.54) is 12.3 Å².